The summed E-state index contributed by atoms with van der Waals surface area (Å²) in [5.41, 5.74) is 0.360. The van der Waals surface area contributed by atoms with Crippen molar-refractivity contribution in [1.29, 1.82) is 0 Å². The molecule has 0 amide bonds. The van der Waals surface area contributed by atoms with E-state index in [1.54, 1.807) is 6.07 Å². The van der Waals surface area contributed by atoms with Crippen LogP contribution in [0.25, 0.3) is 0 Å². The maximum atomic E-state index is 13.4. The van der Waals surface area contributed by atoms with E-state index in [4.69, 9.17) is 4.74 Å². The van der Waals surface area contributed by atoms with Crippen molar-refractivity contribution in [2.45, 2.75) is 13.5 Å². The highest BCUT2D eigenvalue weighted by Crippen LogP contribution is 2.25. The van der Waals surface area contributed by atoms with Gasteiger partial charge in [-0.25, -0.2) is 0 Å². The minimum absolute atomic E-state index is 0.152. The van der Waals surface area contributed by atoms with Gasteiger partial charge >= 0.3 is 5.69 Å². The summed E-state index contributed by atoms with van der Waals surface area (Å²) in [7, 11) is 0. The van der Waals surface area contributed by atoms with Gasteiger partial charge in [0.2, 0.25) is 5.82 Å². The summed E-state index contributed by atoms with van der Waals surface area (Å²) >= 11 is 0. The molecule has 1 fully saturated rings. The van der Waals surface area contributed by atoms with Crippen LogP contribution in [-0.2, 0) is 11.3 Å². The Hall–Kier alpha value is -1.53. The minimum Gasteiger partial charge on any atom is -0.380 e. The molecule has 2 rings (SSSR count). The smallest absolute Gasteiger partial charge is 0.304 e. The number of hydrogen-bond donors (Lipinski definition) is 1. The Morgan fingerprint density at radius 3 is 2.78 bits per heavy atom. The Balaban J connectivity index is 1.90. The largest absolute Gasteiger partial charge is 0.380 e. The molecule has 0 unspecified atom stereocenters. The predicted molar refractivity (Wildman–Crippen MR) is 63.7 cm³/mol. The second-order valence-corrected chi connectivity index (χ2v) is 4.95. The second-order valence-electron chi connectivity index (χ2n) is 4.95. The van der Waals surface area contributed by atoms with E-state index in [1.807, 2.05) is 0 Å². The predicted octanol–water partition coefficient (Wildman–Crippen LogP) is 1.86. The first-order valence-corrected chi connectivity index (χ1v) is 5.71. The monoisotopic (exact) mass is 254 g/mol. The third-order valence-corrected chi connectivity index (χ3v) is 2.99. The Morgan fingerprint density at radius 1 is 1.56 bits per heavy atom. The molecular weight excluding hydrogens is 239 g/mol. The van der Waals surface area contributed by atoms with E-state index in [2.05, 4.69) is 12.2 Å². The van der Waals surface area contributed by atoms with Gasteiger partial charge in [0.1, 0.15) is 0 Å². The first-order valence-electron chi connectivity index (χ1n) is 5.71. The molecule has 18 heavy (non-hydrogen) atoms. The molecule has 0 saturated carbocycles. The Labute approximate surface area is 104 Å². The van der Waals surface area contributed by atoms with E-state index < -0.39 is 16.4 Å². The molecule has 6 heteroatoms. The lowest BCUT2D eigenvalue weighted by molar-refractivity contribution is -0.387. The fourth-order valence-electron chi connectivity index (χ4n) is 1.87. The van der Waals surface area contributed by atoms with Crippen molar-refractivity contribution in [2.75, 3.05) is 19.8 Å². The lowest BCUT2D eigenvalue weighted by Gasteiger charge is -2.38. The maximum Gasteiger partial charge on any atom is 0.304 e. The zero-order chi connectivity index (χ0) is 13.2. The van der Waals surface area contributed by atoms with Gasteiger partial charge in [-0.1, -0.05) is 13.0 Å². The Kier molecular flexibility index (Phi) is 3.58. The zero-order valence-electron chi connectivity index (χ0n) is 10.1. The molecule has 1 aromatic rings. The van der Waals surface area contributed by atoms with Crippen molar-refractivity contribution in [3.63, 3.8) is 0 Å². The molecular formula is C12H15FN2O3. The summed E-state index contributed by atoms with van der Waals surface area (Å²) in [5, 5.41) is 13.7. The van der Waals surface area contributed by atoms with Crippen LogP contribution in [-0.4, -0.2) is 24.7 Å². The van der Waals surface area contributed by atoms with Crippen molar-refractivity contribution in [3.05, 3.63) is 39.7 Å². The molecule has 5 nitrogen and oxygen atoms in total. The van der Waals surface area contributed by atoms with Crippen LogP contribution in [0.5, 0.6) is 0 Å². The van der Waals surface area contributed by atoms with Crippen LogP contribution in [0.3, 0.4) is 0 Å². The van der Waals surface area contributed by atoms with E-state index in [-0.39, 0.29) is 5.41 Å². The van der Waals surface area contributed by atoms with Gasteiger partial charge in [0.25, 0.3) is 0 Å². The van der Waals surface area contributed by atoms with Crippen LogP contribution in [0.15, 0.2) is 18.2 Å². The second kappa shape index (κ2) is 4.99. The van der Waals surface area contributed by atoms with Gasteiger partial charge in [-0.3, -0.25) is 10.1 Å². The standard InChI is InChI=1S/C12H15FN2O3/c1-12(7-18-8-12)6-14-5-9-2-3-11(15(16)17)10(13)4-9/h2-4,14H,5-8H2,1H3. The third-order valence-electron chi connectivity index (χ3n) is 2.99. The number of nitrogens with zero attached hydrogens (tertiary/aromatic N) is 1. The van der Waals surface area contributed by atoms with Gasteiger partial charge in [-0.15, -0.1) is 0 Å². The molecule has 0 spiro atoms. The van der Waals surface area contributed by atoms with E-state index in [0.29, 0.717) is 12.1 Å². The van der Waals surface area contributed by atoms with Gasteiger partial charge in [-0.05, 0) is 11.6 Å². The minimum atomic E-state index is -0.794. The molecule has 1 aromatic carbocycles. The third kappa shape index (κ3) is 2.83. The molecule has 0 atom stereocenters. The van der Waals surface area contributed by atoms with Crippen LogP contribution in [0, 0.1) is 21.3 Å². The van der Waals surface area contributed by atoms with E-state index in [0.717, 1.165) is 19.8 Å². The fraction of sp³-hybridized carbons (Fsp3) is 0.500. The number of nitrogens with one attached hydrogen (secondary N) is 1. The van der Waals surface area contributed by atoms with Crippen molar-refractivity contribution in [2.24, 2.45) is 5.41 Å². The molecule has 1 saturated heterocycles. The lowest BCUT2D eigenvalue weighted by atomic mass is 9.89. The van der Waals surface area contributed by atoms with Crippen molar-refractivity contribution >= 4 is 5.69 Å². The number of halogens is 1. The van der Waals surface area contributed by atoms with Gasteiger partial charge in [0, 0.05) is 24.6 Å². The van der Waals surface area contributed by atoms with Crippen LogP contribution in [0.2, 0.25) is 0 Å². The quantitative estimate of drug-likeness (QED) is 0.643. The topological polar surface area (TPSA) is 64.4 Å². The molecule has 0 radical (unpaired) electrons. The average Bonchev–Trinajstić information content (AvgIpc) is 2.26. The first-order chi connectivity index (χ1) is 8.50. The number of benzene rings is 1. The van der Waals surface area contributed by atoms with E-state index in [9.17, 15) is 14.5 Å². The van der Waals surface area contributed by atoms with Crippen LogP contribution in [0.4, 0.5) is 10.1 Å². The highest BCUT2D eigenvalue weighted by molar-refractivity contribution is 5.34. The molecule has 1 aliphatic heterocycles. The van der Waals surface area contributed by atoms with Crippen LogP contribution >= 0.6 is 0 Å². The summed E-state index contributed by atoms with van der Waals surface area (Å²) in [4.78, 5) is 9.74. The molecule has 0 aliphatic carbocycles. The highest BCUT2D eigenvalue weighted by Gasteiger charge is 2.32. The summed E-state index contributed by atoms with van der Waals surface area (Å²) < 4.78 is 18.5. The zero-order valence-corrected chi connectivity index (χ0v) is 10.1. The van der Waals surface area contributed by atoms with Crippen LogP contribution in [0.1, 0.15) is 12.5 Å². The molecule has 1 N–H and O–H groups in total. The van der Waals surface area contributed by atoms with Crippen molar-refractivity contribution in [1.82, 2.24) is 5.32 Å². The van der Waals surface area contributed by atoms with E-state index >= 15 is 0 Å². The molecule has 98 valence electrons. The Morgan fingerprint density at radius 2 is 2.28 bits per heavy atom. The summed E-state index contributed by atoms with van der Waals surface area (Å²) in [5.74, 6) is -0.794. The number of rotatable bonds is 5. The first kappa shape index (κ1) is 12.9. The number of nitro benzene ring substituents is 1. The maximum absolute atomic E-state index is 13.4. The van der Waals surface area contributed by atoms with Crippen molar-refractivity contribution in [3.8, 4) is 0 Å². The van der Waals surface area contributed by atoms with E-state index in [1.165, 1.54) is 12.1 Å². The van der Waals surface area contributed by atoms with Crippen molar-refractivity contribution < 1.29 is 14.1 Å². The van der Waals surface area contributed by atoms with Gasteiger partial charge in [0.05, 0.1) is 18.1 Å². The van der Waals surface area contributed by atoms with Crippen LogP contribution < -0.4 is 5.32 Å². The molecule has 1 aliphatic rings. The van der Waals surface area contributed by atoms with Gasteiger partial charge in [-0.2, -0.15) is 4.39 Å². The summed E-state index contributed by atoms with van der Waals surface area (Å²) in [6.07, 6.45) is 0. The average molecular weight is 254 g/mol. The lowest BCUT2D eigenvalue weighted by Crippen LogP contribution is -2.47. The Bertz CT molecular complexity index is 461. The number of ether oxygens (including phenoxy) is 1. The SMILES string of the molecule is CC1(CNCc2ccc([N+](=O)[O-])c(F)c2)COC1. The van der Waals surface area contributed by atoms with Gasteiger partial charge < -0.3 is 10.1 Å². The number of hydrogen-bond acceptors (Lipinski definition) is 4. The summed E-state index contributed by atoms with van der Waals surface area (Å²) in [6, 6.07) is 3.96. The summed E-state index contributed by atoms with van der Waals surface area (Å²) in [6.45, 7) is 4.85. The van der Waals surface area contributed by atoms with Gasteiger partial charge in [0.15, 0.2) is 0 Å². The number of nitro groups is 1. The fourth-order valence-corrected chi connectivity index (χ4v) is 1.87. The molecule has 1 heterocycles. The normalized spacial score (nSPS) is 17.2. The highest BCUT2D eigenvalue weighted by atomic mass is 19.1. The molecule has 0 bridgehead atoms. The molecule has 0 aromatic heterocycles.